The van der Waals surface area contributed by atoms with Crippen molar-refractivity contribution in [1.29, 1.82) is 0 Å². The van der Waals surface area contributed by atoms with Gasteiger partial charge in [0.15, 0.2) is 23.6 Å². The van der Waals surface area contributed by atoms with Gasteiger partial charge in [0.1, 0.15) is 12.2 Å². The standard InChI is InChI=1S/C10H12FN5O4/c11-4-6(18)3(1-17)20-9(4)16-2-13-5-7(16)14-10(12)15-8(5)19/h2-4,6,9,17-18H,1H2,(H3,12,14,15,19)/t3-,4-,6+,9-/m1/s1. The van der Waals surface area contributed by atoms with Gasteiger partial charge >= 0.3 is 0 Å². The molecule has 108 valence electrons. The fraction of sp³-hybridized carbons (Fsp3) is 0.500. The number of aliphatic hydroxyl groups is 2. The van der Waals surface area contributed by atoms with Crippen molar-refractivity contribution in [3.8, 4) is 0 Å². The molecule has 4 atom stereocenters. The van der Waals surface area contributed by atoms with E-state index in [9.17, 15) is 14.3 Å². The summed E-state index contributed by atoms with van der Waals surface area (Å²) in [5.41, 5.74) is 4.91. The summed E-state index contributed by atoms with van der Waals surface area (Å²) in [6.07, 6.45) is -4.36. The number of aromatic amines is 1. The van der Waals surface area contributed by atoms with E-state index in [1.807, 2.05) is 0 Å². The minimum Gasteiger partial charge on any atom is -0.394 e. The molecule has 0 bridgehead atoms. The van der Waals surface area contributed by atoms with E-state index in [2.05, 4.69) is 15.0 Å². The molecule has 0 aromatic carbocycles. The molecule has 9 nitrogen and oxygen atoms in total. The molecule has 0 saturated carbocycles. The van der Waals surface area contributed by atoms with Crippen molar-refractivity contribution in [1.82, 2.24) is 19.5 Å². The average Bonchev–Trinajstić information content (AvgIpc) is 2.93. The highest BCUT2D eigenvalue weighted by Gasteiger charge is 2.45. The maximum Gasteiger partial charge on any atom is 0.280 e. The zero-order chi connectivity index (χ0) is 14.4. The van der Waals surface area contributed by atoms with E-state index >= 15 is 0 Å². The normalized spacial score (nSPS) is 30.1. The van der Waals surface area contributed by atoms with E-state index in [0.717, 1.165) is 0 Å². The maximum atomic E-state index is 14.0. The van der Waals surface area contributed by atoms with Crippen LogP contribution in [0.4, 0.5) is 10.3 Å². The molecule has 3 heterocycles. The number of nitrogens with two attached hydrogens (primary N) is 1. The highest BCUT2D eigenvalue weighted by molar-refractivity contribution is 5.70. The Hall–Kier alpha value is -2.04. The smallest absolute Gasteiger partial charge is 0.280 e. The molecule has 0 radical (unpaired) electrons. The lowest BCUT2D eigenvalue weighted by Gasteiger charge is -2.14. The number of halogens is 1. The zero-order valence-electron chi connectivity index (χ0n) is 10.1. The Kier molecular flexibility index (Phi) is 2.92. The van der Waals surface area contributed by atoms with Crippen molar-refractivity contribution in [3.63, 3.8) is 0 Å². The third-order valence-electron chi connectivity index (χ3n) is 3.20. The predicted octanol–water partition coefficient (Wildman–Crippen LogP) is -1.71. The fourth-order valence-electron chi connectivity index (χ4n) is 2.21. The largest absolute Gasteiger partial charge is 0.394 e. The summed E-state index contributed by atoms with van der Waals surface area (Å²) in [6.45, 7) is -0.527. The number of hydrogen-bond donors (Lipinski definition) is 4. The molecule has 20 heavy (non-hydrogen) atoms. The van der Waals surface area contributed by atoms with Gasteiger partial charge in [-0.1, -0.05) is 0 Å². The van der Waals surface area contributed by atoms with E-state index in [1.165, 1.54) is 10.9 Å². The second-order valence-corrected chi connectivity index (χ2v) is 4.46. The van der Waals surface area contributed by atoms with Gasteiger partial charge in [0.05, 0.1) is 12.9 Å². The van der Waals surface area contributed by atoms with Gasteiger partial charge < -0.3 is 20.7 Å². The van der Waals surface area contributed by atoms with Gasteiger partial charge in [-0.2, -0.15) is 4.98 Å². The number of hydrogen-bond acceptors (Lipinski definition) is 7. The summed E-state index contributed by atoms with van der Waals surface area (Å²) in [6, 6.07) is 0. The van der Waals surface area contributed by atoms with Crippen LogP contribution in [0.3, 0.4) is 0 Å². The Bertz CT molecular complexity index is 701. The van der Waals surface area contributed by atoms with Crippen LogP contribution in [-0.4, -0.2) is 54.7 Å². The third-order valence-corrected chi connectivity index (χ3v) is 3.20. The first kappa shape index (κ1) is 13.0. The van der Waals surface area contributed by atoms with Gasteiger partial charge in [-0.15, -0.1) is 0 Å². The molecule has 1 aliphatic heterocycles. The monoisotopic (exact) mass is 285 g/mol. The van der Waals surface area contributed by atoms with Crippen LogP contribution in [0.1, 0.15) is 6.23 Å². The summed E-state index contributed by atoms with van der Waals surface area (Å²) < 4.78 is 20.4. The lowest BCUT2D eigenvalue weighted by Crippen LogP contribution is -2.30. The van der Waals surface area contributed by atoms with Gasteiger partial charge in [-0.25, -0.2) is 9.37 Å². The molecule has 0 spiro atoms. The van der Waals surface area contributed by atoms with Gasteiger partial charge in [0, 0.05) is 0 Å². The Morgan fingerprint density at radius 1 is 1.60 bits per heavy atom. The molecule has 2 aromatic rings. The summed E-state index contributed by atoms with van der Waals surface area (Å²) in [7, 11) is 0. The first-order chi connectivity index (χ1) is 9.52. The third kappa shape index (κ3) is 1.77. The molecule has 0 amide bonds. The summed E-state index contributed by atoms with van der Waals surface area (Å²) in [4.78, 5) is 21.6. The van der Waals surface area contributed by atoms with Gasteiger partial charge in [0.2, 0.25) is 5.95 Å². The number of ether oxygens (including phenoxy) is 1. The maximum absolute atomic E-state index is 14.0. The lowest BCUT2D eigenvalue weighted by atomic mass is 10.1. The van der Waals surface area contributed by atoms with E-state index < -0.39 is 36.8 Å². The molecule has 0 unspecified atom stereocenters. The van der Waals surface area contributed by atoms with Gasteiger partial charge in [0.25, 0.3) is 5.56 Å². The topological polar surface area (TPSA) is 139 Å². The van der Waals surface area contributed by atoms with Crippen LogP contribution in [0.5, 0.6) is 0 Å². The Balaban J connectivity index is 2.09. The van der Waals surface area contributed by atoms with Crippen molar-refractivity contribution in [3.05, 3.63) is 16.7 Å². The Labute approximate surface area is 110 Å². The number of nitrogens with one attached hydrogen (secondary N) is 1. The van der Waals surface area contributed by atoms with E-state index in [-0.39, 0.29) is 17.1 Å². The molecule has 2 aromatic heterocycles. The highest BCUT2D eigenvalue weighted by Crippen LogP contribution is 2.32. The number of fused-ring (bicyclic) bond motifs is 1. The number of nitrogen functional groups attached to an aromatic ring is 1. The van der Waals surface area contributed by atoms with Gasteiger partial charge in [-0.3, -0.25) is 14.3 Å². The van der Waals surface area contributed by atoms with Crippen LogP contribution < -0.4 is 11.3 Å². The minimum absolute atomic E-state index is 0.0167. The fourth-order valence-corrected chi connectivity index (χ4v) is 2.21. The molecule has 0 aliphatic carbocycles. The van der Waals surface area contributed by atoms with Crippen molar-refractivity contribution >= 4 is 17.1 Å². The number of imidazole rings is 1. The number of aromatic nitrogens is 4. The van der Waals surface area contributed by atoms with Crippen molar-refractivity contribution in [2.45, 2.75) is 24.6 Å². The Morgan fingerprint density at radius 2 is 2.35 bits per heavy atom. The van der Waals surface area contributed by atoms with Crippen molar-refractivity contribution < 1.29 is 19.3 Å². The van der Waals surface area contributed by atoms with Crippen LogP contribution in [0.15, 0.2) is 11.1 Å². The molecule has 5 N–H and O–H groups in total. The average molecular weight is 285 g/mol. The second kappa shape index (κ2) is 4.51. The highest BCUT2D eigenvalue weighted by atomic mass is 19.1. The van der Waals surface area contributed by atoms with Crippen molar-refractivity contribution in [2.24, 2.45) is 0 Å². The first-order valence-electron chi connectivity index (χ1n) is 5.83. The van der Waals surface area contributed by atoms with Crippen LogP contribution in [-0.2, 0) is 4.74 Å². The minimum atomic E-state index is -1.79. The molecule has 1 fully saturated rings. The van der Waals surface area contributed by atoms with Crippen LogP contribution in [0.25, 0.3) is 11.2 Å². The van der Waals surface area contributed by atoms with Crippen LogP contribution in [0.2, 0.25) is 0 Å². The SMILES string of the molecule is Nc1nc2c(ncn2[C@@H]2O[C@H](CO)[C@H](O)[C@H]2F)c(=O)[nH]1. The van der Waals surface area contributed by atoms with Crippen molar-refractivity contribution in [2.75, 3.05) is 12.3 Å². The number of rotatable bonds is 2. The number of aliphatic hydroxyl groups excluding tert-OH is 2. The second-order valence-electron chi connectivity index (χ2n) is 4.46. The number of alkyl halides is 1. The molecule has 10 heteroatoms. The van der Waals surface area contributed by atoms with E-state index in [1.54, 1.807) is 0 Å². The van der Waals surface area contributed by atoms with Crippen LogP contribution >= 0.6 is 0 Å². The lowest BCUT2D eigenvalue weighted by molar-refractivity contribution is -0.0459. The van der Waals surface area contributed by atoms with E-state index in [0.29, 0.717) is 0 Å². The van der Waals surface area contributed by atoms with E-state index in [4.69, 9.17) is 15.6 Å². The number of nitrogens with zero attached hydrogens (tertiary/aromatic N) is 3. The zero-order valence-corrected chi connectivity index (χ0v) is 10.1. The summed E-state index contributed by atoms with van der Waals surface area (Å²) in [5, 5.41) is 18.6. The molecule has 3 rings (SSSR count). The Morgan fingerprint density at radius 3 is 3.00 bits per heavy atom. The molecule has 1 saturated heterocycles. The quantitative estimate of drug-likeness (QED) is 0.515. The van der Waals surface area contributed by atoms with Gasteiger partial charge in [-0.05, 0) is 0 Å². The summed E-state index contributed by atoms with van der Waals surface area (Å²) in [5.74, 6) is -0.142. The predicted molar refractivity (Wildman–Crippen MR) is 64.5 cm³/mol. The number of H-pyrrole nitrogens is 1. The molecule has 1 aliphatic rings. The van der Waals surface area contributed by atoms with Crippen LogP contribution in [0, 0.1) is 0 Å². The number of anilines is 1. The summed E-state index contributed by atoms with van der Waals surface area (Å²) >= 11 is 0. The molecular weight excluding hydrogens is 273 g/mol. The first-order valence-corrected chi connectivity index (χ1v) is 5.83. The molecular formula is C10H12FN5O4.